The van der Waals surface area contributed by atoms with Crippen LogP contribution in [0.3, 0.4) is 0 Å². The van der Waals surface area contributed by atoms with Gasteiger partial charge >= 0.3 is 0 Å². The van der Waals surface area contributed by atoms with E-state index in [1.54, 1.807) is 0 Å². The number of aliphatic hydroxyl groups excluding tert-OH is 1. The third kappa shape index (κ3) is 1.89. The molecule has 0 aromatic rings. The lowest BCUT2D eigenvalue weighted by Crippen LogP contribution is -2.37. The summed E-state index contributed by atoms with van der Waals surface area (Å²) in [5.74, 6) is 3.37. The van der Waals surface area contributed by atoms with E-state index in [9.17, 15) is 5.11 Å². The van der Waals surface area contributed by atoms with Gasteiger partial charge in [0.2, 0.25) is 0 Å². The van der Waals surface area contributed by atoms with Gasteiger partial charge in [0.05, 0.1) is 6.10 Å². The van der Waals surface area contributed by atoms with Crippen molar-refractivity contribution >= 4 is 11.8 Å². The smallest absolute Gasteiger partial charge is 0.0574 e. The summed E-state index contributed by atoms with van der Waals surface area (Å²) in [6, 6.07) is 0. The molecule has 0 amide bonds. The molecule has 13 heavy (non-hydrogen) atoms. The molecule has 0 radical (unpaired) electrons. The number of rotatable bonds is 1. The lowest BCUT2D eigenvalue weighted by Gasteiger charge is -2.37. The van der Waals surface area contributed by atoms with E-state index >= 15 is 0 Å². The van der Waals surface area contributed by atoms with Crippen molar-refractivity contribution in [3.05, 3.63) is 0 Å². The average Bonchev–Trinajstić information content (AvgIpc) is 2.48. The van der Waals surface area contributed by atoms with Crippen molar-refractivity contribution in [1.29, 1.82) is 0 Å². The fourth-order valence-corrected chi connectivity index (χ4v) is 4.47. The van der Waals surface area contributed by atoms with Crippen molar-refractivity contribution in [3.63, 3.8) is 0 Å². The zero-order valence-corrected chi connectivity index (χ0v) is 9.39. The van der Waals surface area contributed by atoms with E-state index in [2.05, 4.69) is 25.6 Å². The summed E-state index contributed by atoms with van der Waals surface area (Å²) in [7, 11) is 0. The second-order valence-electron chi connectivity index (χ2n) is 4.90. The van der Waals surface area contributed by atoms with Crippen LogP contribution in [-0.4, -0.2) is 22.2 Å². The first-order valence-electron chi connectivity index (χ1n) is 5.48. The first kappa shape index (κ1) is 9.85. The van der Waals surface area contributed by atoms with E-state index in [-0.39, 0.29) is 6.10 Å². The van der Waals surface area contributed by atoms with Crippen molar-refractivity contribution in [2.75, 3.05) is 5.75 Å². The fourth-order valence-electron chi connectivity index (χ4n) is 2.85. The molecule has 1 saturated heterocycles. The highest BCUT2D eigenvalue weighted by atomic mass is 32.2. The maximum absolute atomic E-state index is 9.98. The van der Waals surface area contributed by atoms with E-state index in [0.29, 0.717) is 11.8 Å². The topological polar surface area (TPSA) is 20.2 Å². The van der Waals surface area contributed by atoms with Gasteiger partial charge in [0.1, 0.15) is 0 Å². The summed E-state index contributed by atoms with van der Waals surface area (Å²) in [5, 5.41) is 10.8. The van der Waals surface area contributed by atoms with Crippen molar-refractivity contribution < 1.29 is 5.11 Å². The van der Waals surface area contributed by atoms with E-state index < -0.39 is 0 Å². The van der Waals surface area contributed by atoms with Crippen LogP contribution in [0.15, 0.2) is 0 Å². The van der Waals surface area contributed by atoms with E-state index in [4.69, 9.17) is 0 Å². The van der Waals surface area contributed by atoms with Crippen LogP contribution in [0, 0.1) is 17.8 Å². The maximum atomic E-state index is 9.98. The van der Waals surface area contributed by atoms with Gasteiger partial charge in [-0.1, -0.05) is 13.8 Å². The predicted octanol–water partition coefficient (Wildman–Crippen LogP) is 2.54. The minimum atomic E-state index is -0.0139. The normalized spacial score (nSPS) is 45.2. The Morgan fingerprint density at radius 2 is 2.08 bits per heavy atom. The second-order valence-corrected chi connectivity index (χ2v) is 6.25. The number of hydrogen-bond acceptors (Lipinski definition) is 2. The Labute approximate surface area is 85.3 Å². The SMILES string of the molecule is CC(C)[C@H]1CC2SCCC2CC1O. The fraction of sp³-hybridized carbons (Fsp3) is 1.00. The second kappa shape index (κ2) is 3.82. The van der Waals surface area contributed by atoms with Crippen LogP contribution in [0.25, 0.3) is 0 Å². The van der Waals surface area contributed by atoms with Crippen LogP contribution < -0.4 is 0 Å². The average molecular weight is 200 g/mol. The largest absolute Gasteiger partial charge is 0.393 e. The van der Waals surface area contributed by atoms with Gasteiger partial charge in [-0.05, 0) is 42.8 Å². The molecule has 1 heterocycles. The highest BCUT2D eigenvalue weighted by Crippen LogP contribution is 2.45. The zero-order valence-electron chi connectivity index (χ0n) is 8.57. The quantitative estimate of drug-likeness (QED) is 0.702. The molecule has 1 N–H and O–H groups in total. The molecule has 1 aliphatic carbocycles. The van der Waals surface area contributed by atoms with Crippen LogP contribution in [0.2, 0.25) is 0 Å². The van der Waals surface area contributed by atoms with Gasteiger partial charge < -0.3 is 5.11 Å². The number of fused-ring (bicyclic) bond motifs is 1. The lowest BCUT2D eigenvalue weighted by molar-refractivity contribution is 0.0275. The van der Waals surface area contributed by atoms with Crippen LogP contribution in [0.5, 0.6) is 0 Å². The molecular formula is C11H20OS. The third-order valence-corrected chi connectivity index (χ3v) is 5.22. The molecule has 2 heteroatoms. The highest BCUT2D eigenvalue weighted by Gasteiger charge is 2.39. The maximum Gasteiger partial charge on any atom is 0.0574 e. The van der Waals surface area contributed by atoms with Crippen LogP contribution >= 0.6 is 11.8 Å². The summed E-state index contributed by atoms with van der Waals surface area (Å²) >= 11 is 2.14. The van der Waals surface area contributed by atoms with Crippen LogP contribution in [-0.2, 0) is 0 Å². The van der Waals surface area contributed by atoms with E-state index in [1.165, 1.54) is 18.6 Å². The molecular weight excluding hydrogens is 180 g/mol. The molecule has 0 bridgehead atoms. The standard InChI is InChI=1S/C11H20OS/c1-7(2)9-6-11-8(3-4-13-11)5-10(9)12/h7-12H,3-6H2,1-2H3/t8?,9-,10?,11?/m1/s1. The zero-order chi connectivity index (χ0) is 9.42. The summed E-state index contributed by atoms with van der Waals surface area (Å²) in [6.07, 6.45) is 3.66. The molecule has 1 saturated carbocycles. The predicted molar refractivity (Wildman–Crippen MR) is 57.9 cm³/mol. The Kier molecular flexibility index (Phi) is 2.89. The minimum Gasteiger partial charge on any atom is -0.393 e. The Balaban J connectivity index is 2.01. The van der Waals surface area contributed by atoms with Crippen LogP contribution in [0.1, 0.15) is 33.1 Å². The van der Waals surface area contributed by atoms with Gasteiger partial charge in [-0.2, -0.15) is 11.8 Å². The molecule has 2 fully saturated rings. The van der Waals surface area contributed by atoms with Gasteiger partial charge in [-0.25, -0.2) is 0 Å². The summed E-state index contributed by atoms with van der Waals surface area (Å²) < 4.78 is 0. The van der Waals surface area contributed by atoms with Gasteiger partial charge in [-0.3, -0.25) is 0 Å². The molecule has 0 aromatic carbocycles. The molecule has 4 atom stereocenters. The Morgan fingerprint density at radius 1 is 1.31 bits per heavy atom. The van der Waals surface area contributed by atoms with Crippen molar-refractivity contribution in [1.82, 2.24) is 0 Å². The number of thioether (sulfide) groups is 1. The Morgan fingerprint density at radius 3 is 2.77 bits per heavy atom. The van der Waals surface area contributed by atoms with Gasteiger partial charge in [0.15, 0.2) is 0 Å². The van der Waals surface area contributed by atoms with Crippen molar-refractivity contribution in [3.8, 4) is 0 Å². The molecule has 0 aromatic heterocycles. The van der Waals surface area contributed by atoms with Gasteiger partial charge in [0.25, 0.3) is 0 Å². The lowest BCUT2D eigenvalue weighted by atomic mass is 9.74. The molecule has 1 nitrogen and oxygen atoms in total. The Hall–Kier alpha value is 0.310. The summed E-state index contributed by atoms with van der Waals surface area (Å²) in [6.45, 7) is 4.49. The van der Waals surface area contributed by atoms with Crippen LogP contribution in [0.4, 0.5) is 0 Å². The van der Waals surface area contributed by atoms with Crippen molar-refractivity contribution in [2.24, 2.45) is 17.8 Å². The van der Waals surface area contributed by atoms with Gasteiger partial charge in [0, 0.05) is 5.25 Å². The van der Waals surface area contributed by atoms with Gasteiger partial charge in [-0.15, -0.1) is 0 Å². The molecule has 1 aliphatic heterocycles. The summed E-state index contributed by atoms with van der Waals surface area (Å²) in [4.78, 5) is 0. The first-order valence-corrected chi connectivity index (χ1v) is 6.53. The molecule has 2 aliphatic rings. The summed E-state index contributed by atoms with van der Waals surface area (Å²) in [5.41, 5.74) is 0. The molecule has 76 valence electrons. The van der Waals surface area contributed by atoms with Crippen molar-refractivity contribution in [2.45, 2.75) is 44.5 Å². The Bertz CT molecular complexity index is 181. The van der Waals surface area contributed by atoms with E-state index in [1.807, 2.05) is 0 Å². The minimum absolute atomic E-state index is 0.0139. The molecule has 3 unspecified atom stereocenters. The molecule has 2 rings (SSSR count). The van der Waals surface area contributed by atoms with E-state index in [0.717, 1.165) is 17.6 Å². The third-order valence-electron chi connectivity index (χ3n) is 3.75. The number of hydrogen-bond donors (Lipinski definition) is 1. The highest BCUT2D eigenvalue weighted by molar-refractivity contribution is 8.00. The monoisotopic (exact) mass is 200 g/mol. The molecule has 0 spiro atoms. The number of aliphatic hydroxyl groups is 1. The first-order chi connectivity index (χ1) is 6.18.